The van der Waals surface area contributed by atoms with E-state index in [-0.39, 0.29) is 43.4 Å². The summed E-state index contributed by atoms with van der Waals surface area (Å²) < 4.78 is 5.60. The number of alkyl carbamates (subject to hydrolysis) is 1. The number of benzene rings is 2. The number of carboxylic acids is 1. The molecule has 0 saturated heterocycles. The van der Waals surface area contributed by atoms with E-state index in [0.717, 1.165) is 12.8 Å². The van der Waals surface area contributed by atoms with Crippen LogP contribution in [0.15, 0.2) is 48.5 Å². The van der Waals surface area contributed by atoms with E-state index in [2.05, 4.69) is 29.6 Å². The number of ether oxygens (including phenoxy) is 1. The minimum atomic E-state index is -0.892. The summed E-state index contributed by atoms with van der Waals surface area (Å²) in [5, 5.41) is 11.9. The molecule has 2 aromatic rings. The van der Waals surface area contributed by atoms with Gasteiger partial charge in [-0.15, -0.1) is 0 Å². The van der Waals surface area contributed by atoms with Gasteiger partial charge in [-0.3, -0.25) is 9.59 Å². The molecule has 2 saturated carbocycles. The molecule has 0 heterocycles. The maximum Gasteiger partial charge on any atom is 0.407 e. The van der Waals surface area contributed by atoms with Crippen LogP contribution in [0.1, 0.15) is 49.1 Å². The Morgan fingerprint density at radius 2 is 1.59 bits per heavy atom. The van der Waals surface area contributed by atoms with E-state index in [1.165, 1.54) is 22.3 Å². The van der Waals surface area contributed by atoms with Crippen LogP contribution in [-0.2, 0) is 14.3 Å². The molecule has 0 aromatic heterocycles. The normalized spacial score (nSPS) is 20.6. The highest BCUT2D eigenvalue weighted by atomic mass is 16.5. The van der Waals surface area contributed by atoms with Crippen LogP contribution in [0.3, 0.4) is 0 Å². The smallest absolute Gasteiger partial charge is 0.407 e. The fourth-order valence-electron chi connectivity index (χ4n) is 5.14. The zero-order chi connectivity index (χ0) is 23.7. The number of nitrogens with one attached hydrogen (secondary N) is 1. The number of hydrogen-bond acceptors (Lipinski definition) is 4. The van der Waals surface area contributed by atoms with Gasteiger partial charge in [-0.2, -0.15) is 0 Å². The maximum atomic E-state index is 12.9. The van der Waals surface area contributed by atoms with Crippen LogP contribution in [0.4, 0.5) is 4.79 Å². The van der Waals surface area contributed by atoms with Crippen molar-refractivity contribution in [1.29, 1.82) is 0 Å². The first-order chi connectivity index (χ1) is 16.5. The topological polar surface area (TPSA) is 95.9 Å². The van der Waals surface area contributed by atoms with E-state index in [1.807, 2.05) is 24.3 Å². The molecule has 2 aromatic carbocycles. The predicted octanol–water partition coefficient (Wildman–Crippen LogP) is 4.02. The van der Waals surface area contributed by atoms with E-state index in [1.54, 1.807) is 4.90 Å². The summed E-state index contributed by atoms with van der Waals surface area (Å²) in [6.45, 7) is 1.16. The molecule has 0 spiro atoms. The Hall–Kier alpha value is -3.35. The van der Waals surface area contributed by atoms with Crippen molar-refractivity contribution in [2.24, 2.45) is 11.8 Å². The number of fused-ring (bicyclic) bond motifs is 3. The van der Waals surface area contributed by atoms with Crippen molar-refractivity contribution in [3.8, 4) is 11.1 Å². The number of aliphatic carboxylic acids is 1. The summed E-state index contributed by atoms with van der Waals surface area (Å²) in [6.07, 6.45) is 2.85. The molecule has 0 bridgehead atoms. The Bertz CT molecular complexity index is 1040. The average Bonchev–Trinajstić information content (AvgIpc) is 3.57. The zero-order valence-corrected chi connectivity index (χ0v) is 19.1. The molecular weight excluding hydrogens is 432 g/mol. The predicted molar refractivity (Wildman–Crippen MR) is 126 cm³/mol. The summed E-state index contributed by atoms with van der Waals surface area (Å²) in [5.41, 5.74) is 4.71. The van der Waals surface area contributed by atoms with Gasteiger partial charge in [0.25, 0.3) is 0 Å². The van der Waals surface area contributed by atoms with Gasteiger partial charge in [-0.25, -0.2) is 4.79 Å². The number of rotatable bonds is 9. The van der Waals surface area contributed by atoms with Crippen LogP contribution in [0.5, 0.6) is 0 Å². The van der Waals surface area contributed by atoms with Gasteiger partial charge in [0.2, 0.25) is 5.91 Å². The monoisotopic (exact) mass is 462 g/mol. The molecular formula is C27H30N2O5. The van der Waals surface area contributed by atoms with Crippen LogP contribution in [0.2, 0.25) is 0 Å². The number of carbonyl (C=O) groups excluding carboxylic acids is 2. The Morgan fingerprint density at radius 1 is 0.971 bits per heavy atom. The molecule has 0 radical (unpaired) electrons. The lowest BCUT2D eigenvalue weighted by atomic mass is 9.79. The molecule has 5 rings (SSSR count). The zero-order valence-electron chi connectivity index (χ0n) is 19.1. The third-order valence-electron chi connectivity index (χ3n) is 7.24. The molecule has 2 fully saturated rings. The number of carbonyl (C=O) groups is 3. The molecule has 7 nitrogen and oxygen atoms in total. The van der Waals surface area contributed by atoms with E-state index in [0.29, 0.717) is 25.3 Å². The summed E-state index contributed by atoms with van der Waals surface area (Å²) in [6, 6.07) is 16.3. The fraction of sp³-hybridized carbons (Fsp3) is 0.444. The van der Waals surface area contributed by atoms with Gasteiger partial charge >= 0.3 is 12.1 Å². The Kier molecular flexibility index (Phi) is 6.26. The van der Waals surface area contributed by atoms with E-state index in [9.17, 15) is 14.4 Å². The Morgan fingerprint density at radius 3 is 2.18 bits per heavy atom. The molecule has 0 atom stereocenters. The van der Waals surface area contributed by atoms with E-state index in [4.69, 9.17) is 9.84 Å². The largest absolute Gasteiger partial charge is 0.481 e. The molecule has 178 valence electrons. The third-order valence-corrected chi connectivity index (χ3v) is 7.24. The minimum Gasteiger partial charge on any atom is -0.481 e. The molecule has 0 unspecified atom stereocenters. The van der Waals surface area contributed by atoms with Crippen molar-refractivity contribution in [2.75, 3.05) is 19.7 Å². The Labute approximate surface area is 199 Å². The number of hydrogen-bond donors (Lipinski definition) is 2. The molecule has 3 aliphatic rings. The van der Waals surface area contributed by atoms with Crippen molar-refractivity contribution in [2.45, 2.75) is 44.1 Å². The summed E-state index contributed by atoms with van der Waals surface area (Å²) in [4.78, 5) is 38.0. The molecule has 3 aliphatic carbocycles. The molecule has 2 amide bonds. The number of carboxylic acid groups (broad SMARTS) is 1. The van der Waals surface area contributed by atoms with Crippen molar-refractivity contribution < 1.29 is 24.2 Å². The van der Waals surface area contributed by atoms with Crippen molar-refractivity contribution in [1.82, 2.24) is 10.2 Å². The van der Waals surface area contributed by atoms with Crippen LogP contribution in [-0.4, -0.2) is 53.7 Å². The summed E-state index contributed by atoms with van der Waals surface area (Å²) >= 11 is 0. The Balaban J connectivity index is 1.11. The molecule has 0 aliphatic heterocycles. The highest BCUT2D eigenvalue weighted by Gasteiger charge is 2.39. The van der Waals surface area contributed by atoms with Gasteiger partial charge in [0.15, 0.2) is 0 Å². The average molecular weight is 463 g/mol. The van der Waals surface area contributed by atoms with Crippen molar-refractivity contribution >= 4 is 18.0 Å². The fourth-order valence-corrected chi connectivity index (χ4v) is 5.14. The lowest BCUT2D eigenvalue weighted by Gasteiger charge is -2.37. The summed E-state index contributed by atoms with van der Waals surface area (Å²) in [7, 11) is 0. The van der Waals surface area contributed by atoms with Crippen molar-refractivity contribution in [3.63, 3.8) is 0 Å². The van der Waals surface area contributed by atoms with Gasteiger partial charge in [0.1, 0.15) is 6.61 Å². The van der Waals surface area contributed by atoms with Crippen LogP contribution >= 0.6 is 0 Å². The molecule has 2 N–H and O–H groups in total. The van der Waals surface area contributed by atoms with Gasteiger partial charge < -0.3 is 20.1 Å². The number of amides is 2. The first-order valence-electron chi connectivity index (χ1n) is 12.1. The van der Waals surface area contributed by atoms with Gasteiger partial charge in [-0.1, -0.05) is 48.5 Å². The SMILES string of the molecule is O=C(O)CCN(CC1CC1)C(=O)C1CC(NC(=O)OCC2c3ccccc3-c3ccccc32)C1. The first-order valence-corrected chi connectivity index (χ1v) is 12.1. The third kappa shape index (κ3) is 4.79. The lowest BCUT2D eigenvalue weighted by molar-refractivity contribution is -0.141. The van der Waals surface area contributed by atoms with Crippen LogP contribution < -0.4 is 5.32 Å². The lowest BCUT2D eigenvalue weighted by Crippen LogP contribution is -2.51. The first kappa shape index (κ1) is 22.4. The van der Waals surface area contributed by atoms with Crippen molar-refractivity contribution in [3.05, 3.63) is 59.7 Å². The second-order valence-electron chi connectivity index (χ2n) is 9.71. The van der Waals surface area contributed by atoms with Crippen LogP contribution in [0, 0.1) is 11.8 Å². The highest BCUT2D eigenvalue weighted by molar-refractivity contribution is 5.81. The quantitative estimate of drug-likeness (QED) is 0.587. The second kappa shape index (κ2) is 9.49. The highest BCUT2D eigenvalue weighted by Crippen LogP contribution is 2.44. The molecule has 7 heteroatoms. The van der Waals surface area contributed by atoms with E-state index >= 15 is 0 Å². The van der Waals surface area contributed by atoms with E-state index < -0.39 is 12.1 Å². The van der Waals surface area contributed by atoms with Crippen LogP contribution in [0.25, 0.3) is 11.1 Å². The summed E-state index contributed by atoms with van der Waals surface area (Å²) in [5.74, 6) is -0.520. The number of nitrogens with zero attached hydrogens (tertiary/aromatic N) is 1. The van der Waals surface area contributed by atoms with Gasteiger partial charge in [0, 0.05) is 31.0 Å². The minimum absolute atomic E-state index is 0.0127. The second-order valence-corrected chi connectivity index (χ2v) is 9.71. The standard InChI is InChI=1S/C27H30N2O5/c30-25(31)11-12-29(15-17-9-10-17)26(32)18-13-19(14-18)28-27(33)34-16-24-22-7-3-1-5-20(22)21-6-2-4-8-23(21)24/h1-8,17-19,24H,9-16H2,(H,28,33)(H,30,31). The maximum absolute atomic E-state index is 12.9. The van der Waals surface area contributed by atoms with Gasteiger partial charge in [-0.05, 0) is 53.9 Å². The van der Waals surface area contributed by atoms with Gasteiger partial charge in [0.05, 0.1) is 6.42 Å². The molecule has 34 heavy (non-hydrogen) atoms.